The summed E-state index contributed by atoms with van der Waals surface area (Å²) in [6.07, 6.45) is 2.55. The number of hydrogen-bond acceptors (Lipinski definition) is 12. The van der Waals surface area contributed by atoms with Gasteiger partial charge in [-0.1, -0.05) is 12.1 Å². The van der Waals surface area contributed by atoms with E-state index in [0.29, 0.717) is 33.2 Å². The van der Waals surface area contributed by atoms with Crippen molar-refractivity contribution in [3.8, 4) is 16.9 Å². The first-order valence-corrected chi connectivity index (χ1v) is 16.4. The molecule has 2 aromatic carbocycles. The summed E-state index contributed by atoms with van der Waals surface area (Å²) >= 11 is 1.29. The number of carboxylic acids is 3. The van der Waals surface area contributed by atoms with Crippen LogP contribution in [0.3, 0.4) is 0 Å². The molecule has 0 unspecified atom stereocenters. The molecule has 278 valence electrons. The zero-order valence-electron chi connectivity index (χ0n) is 27.8. The van der Waals surface area contributed by atoms with Gasteiger partial charge in [-0.15, -0.1) is 11.3 Å². The normalized spacial score (nSPS) is 11.0. The molecule has 6 aromatic rings. The number of benzene rings is 2. The minimum absolute atomic E-state index is 0.0227. The number of aryl methyl sites for hydroxylation is 1. The fourth-order valence-electron chi connectivity index (χ4n) is 5.06. The van der Waals surface area contributed by atoms with Crippen LogP contribution in [0.25, 0.3) is 28.0 Å². The average Bonchev–Trinajstić information content (AvgIpc) is 3.82. The van der Waals surface area contributed by atoms with Crippen LogP contribution in [0, 0.1) is 18.6 Å². The fourth-order valence-corrected chi connectivity index (χ4v) is 5.59. The number of imidazole rings is 1. The van der Waals surface area contributed by atoms with Gasteiger partial charge in [0.05, 0.1) is 25.1 Å². The van der Waals surface area contributed by atoms with Gasteiger partial charge in [-0.25, -0.2) is 28.5 Å². The molecule has 0 aliphatic rings. The molecule has 0 aliphatic heterocycles. The van der Waals surface area contributed by atoms with Crippen LogP contribution >= 0.6 is 11.3 Å². The molecule has 4 heterocycles. The van der Waals surface area contributed by atoms with Crippen molar-refractivity contribution in [1.29, 1.82) is 0 Å². The van der Waals surface area contributed by atoms with Gasteiger partial charge in [-0.2, -0.15) is 4.98 Å². The first kappa shape index (κ1) is 38.3. The van der Waals surface area contributed by atoms with E-state index in [2.05, 4.69) is 30.6 Å². The van der Waals surface area contributed by atoms with Gasteiger partial charge in [0.15, 0.2) is 16.4 Å². The fraction of sp³-hybridized carbons (Fsp3) is 0.147. The molecule has 1 amide bonds. The predicted molar refractivity (Wildman–Crippen MR) is 188 cm³/mol. The molecule has 6 rings (SSSR count). The van der Waals surface area contributed by atoms with E-state index in [1.807, 2.05) is 6.92 Å². The highest BCUT2D eigenvalue weighted by atomic mass is 32.1. The number of fused-ring (bicyclic) bond motifs is 1. The molecule has 0 bridgehead atoms. The number of thiazole rings is 1. The first-order chi connectivity index (χ1) is 25.7. The van der Waals surface area contributed by atoms with Crippen LogP contribution in [0.1, 0.15) is 34.6 Å². The molecule has 0 atom stereocenters. The van der Waals surface area contributed by atoms with Crippen LogP contribution in [-0.2, 0) is 20.9 Å². The van der Waals surface area contributed by atoms with Crippen molar-refractivity contribution in [2.45, 2.75) is 31.9 Å². The Balaban J connectivity index is 0.000000370. The number of halogens is 2. The summed E-state index contributed by atoms with van der Waals surface area (Å²) in [5.74, 6) is -6.57. The maximum atomic E-state index is 14.9. The second-order valence-corrected chi connectivity index (χ2v) is 12.3. The molecule has 20 heteroatoms. The minimum Gasteiger partial charge on any atom is -0.481 e. The molecular weight excluding hydrogens is 734 g/mol. The Labute approximate surface area is 305 Å². The minimum atomic E-state index is -2.74. The maximum Gasteiger partial charge on any atom is 0.336 e. The van der Waals surface area contributed by atoms with E-state index in [4.69, 9.17) is 25.4 Å². The lowest BCUT2D eigenvalue weighted by Crippen LogP contribution is -2.42. The van der Waals surface area contributed by atoms with E-state index in [-0.39, 0.29) is 24.0 Å². The third-order valence-electron chi connectivity index (χ3n) is 7.57. The van der Waals surface area contributed by atoms with Gasteiger partial charge in [0.2, 0.25) is 5.95 Å². The number of carboxylic acid groups (broad SMARTS) is 3. The molecule has 4 aromatic heterocycles. The molecule has 54 heavy (non-hydrogen) atoms. The van der Waals surface area contributed by atoms with Gasteiger partial charge in [-0.3, -0.25) is 29.1 Å². The number of para-hydroxylation sites is 1. The van der Waals surface area contributed by atoms with Crippen LogP contribution in [0.15, 0.2) is 77.3 Å². The molecular formula is C34H28F2N8O9S. The highest BCUT2D eigenvalue weighted by molar-refractivity contribution is 7.13. The lowest BCUT2D eigenvalue weighted by molar-refractivity contribution is -0.170. The van der Waals surface area contributed by atoms with Crippen molar-refractivity contribution >= 4 is 57.3 Å². The predicted octanol–water partition coefficient (Wildman–Crippen LogP) is 3.83. The number of aromatic nitrogens is 6. The molecule has 0 aliphatic carbocycles. The number of rotatable bonds is 12. The Bertz CT molecular complexity index is 2390. The van der Waals surface area contributed by atoms with Crippen molar-refractivity contribution in [2.75, 3.05) is 10.6 Å². The summed E-state index contributed by atoms with van der Waals surface area (Å²) in [7, 11) is 0. The zero-order valence-corrected chi connectivity index (χ0v) is 28.6. The number of aliphatic hydroxyl groups is 1. The number of anilines is 2. The van der Waals surface area contributed by atoms with Crippen LogP contribution in [-0.4, -0.2) is 79.3 Å². The number of pyridine rings is 1. The molecule has 0 spiro atoms. The number of hydrogen-bond donors (Lipinski definition) is 7. The number of amides is 1. The number of carbonyl (C=O) groups is 4. The van der Waals surface area contributed by atoms with E-state index >= 15 is 0 Å². The summed E-state index contributed by atoms with van der Waals surface area (Å²) < 4.78 is 30.8. The summed E-state index contributed by atoms with van der Waals surface area (Å²) in [4.78, 5) is 77.0. The molecule has 0 saturated heterocycles. The monoisotopic (exact) mass is 762 g/mol. The number of H-pyrrole nitrogens is 1. The number of carbonyl (C=O) groups excluding carboxylic acids is 1. The van der Waals surface area contributed by atoms with Crippen LogP contribution in [0.4, 0.5) is 19.9 Å². The quantitative estimate of drug-likeness (QED) is 0.0935. The molecule has 0 saturated carbocycles. The third-order valence-corrected chi connectivity index (χ3v) is 8.26. The number of nitrogens with zero attached hydrogens (tertiary/aromatic N) is 5. The van der Waals surface area contributed by atoms with Gasteiger partial charge in [-0.05, 0) is 42.8 Å². The lowest BCUT2D eigenvalue weighted by atomic mass is 9.96. The highest BCUT2D eigenvalue weighted by Gasteiger charge is 2.40. The van der Waals surface area contributed by atoms with Gasteiger partial charge >= 0.3 is 17.9 Å². The SMILES string of the molecule is Cc1ccc(C(=O)Nc2nccs2)cc1-c1nc(NCc2ncc[nH]2)nc2c1ccc(=O)n2-c1c(F)cccc1F.O=C(O)CC(O)(CC(=O)O)C(=O)O. The van der Waals surface area contributed by atoms with E-state index in [1.165, 1.54) is 29.5 Å². The van der Waals surface area contributed by atoms with Crippen molar-refractivity contribution in [3.63, 3.8) is 0 Å². The number of nitrogens with one attached hydrogen (secondary N) is 3. The van der Waals surface area contributed by atoms with Crippen molar-refractivity contribution in [2.24, 2.45) is 0 Å². The first-order valence-electron chi connectivity index (χ1n) is 15.5. The third kappa shape index (κ3) is 8.74. The number of aromatic amines is 1. The van der Waals surface area contributed by atoms with E-state index in [1.54, 1.807) is 42.2 Å². The average molecular weight is 763 g/mol. The maximum absolute atomic E-state index is 14.9. The topological polar surface area (TPSA) is 263 Å². The Kier molecular flexibility index (Phi) is 11.5. The van der Waals surface area contributed by atoms with Gasteiger partial charge in [0.25, 0.3) is 11.5 Å². The highest BCUT2D eigenvalue weighted by Crippen LogP contribution is 2.32. The summed E-state index contributed by atoms with van der Waals surface area (Å²) in [6, 6.07) is 11.1. The van der Waals surface area contributed by atoms with Crippen LogP contribution in [0.5, 0.6) is 0 Å². The van der Waals surface area contributed by atoms with Crippen molar-refractivity contribution < 1.29 is 48.4 Å². The second kappa shape index (κ2) is 16.2. The molecule has 0 fully saturated rings. The Morgan fingerprint density at radius 2 is 1.65 bits per heavy atom. The van der Waals surface area contributed by atoms with E-state index < -0.39 is 59.2 Å². The molecule has 7 N–H and O–H groups in total. The van der Waals surface area contributed by atoms with Gasteiger partial charge < -0.3 is 30.7 Å². The Hall–Kier alpha value is -6.93. The lowest BCUT2D eigenvalue weighted by Gasteiger charge is -2.18. The van der Waals surface area contributed by atoms with E-state index in [9.17, 15) is 32.8 Å². The largest absolute Gasteiger partial charge is 0.481 e. The van der Waals surface area contributed by atoms with E-state index in [0.717, 1.165) is 22.3 Å². The Morgan fingerprint density at radius 3 is 2.24 bits per heavy atom. The Morgan fingerprint density at radius 1 is 0.944 bits per heavy atom. The van der Waals surface area contributed by atoms with Crippen LogP contribution in [0.2, 0.25) is 0 Å². The number of aliphatic carboxylic acids is 3. The second-order valence-electron chi connectivity index (χ2n) is 11.4. The summed E-state index contributed by atoms with van der Waals surface area (Å²) in [5.41, 5.74) is -1.99. The van der Waals surface area contributed by atoms with Crippen molar-refractivity contribution in [3.05, 3.63) is 111 Å². The molecule has 17 nitrogen and oxygen atoms in total. The van der Waals surface area contributed by atoms with Crippen molar-refractivity contribution in [1.82, 2.24) is 29.5 Å². The zero-order chi connectivity index (χ0) is 39.2. The molecule has 0 radical (unpaired) electrons. The summed E-state index contributed by atoms with van der Waals surface area (Å²) in [5, 5.41) is 42.2. The summed E-state index contributed by atoms with van der Waals surface area (Å²) in [6.45, 7) is 2.05. The van der Waals surface area contributed by atoms with Crippen LogP contribution < -0.4 is 16.2 Å². The van der Waals surface area contributed by atoms with Gasteiger partial charge in [0.1, 0.15) is 23.1 Å². The standard InChI is InChI=1S/C28H20F2N8O2S.C6H8O7/c1-15-5-6-16(26(40)37-28-33-11-12-41-28)13-18(15)23-17-7-8-22(39)38(24-19(29)3-2-4-20(24)30)25(17)36-27(35-23)34-14-21-31-9-10-32-21;7-3(8)1-6(13,5(11)12)2-4(9)10/h2-13H,14H2,1H3,(H,31,32)(H,33,37,40)(H,34,35,36);13H,1-2H2,(H,7,8)(H,9,10)(H,11,12). The van der Waals surface area contributed by atoms with Gasteiger partial charge in [0, 0.05) is 46.6 Å². The smallest absolute Gasteiger partial charge is 0.336 e.